The van der Waals surface area contributed by atoms with Crippen molar-refractivity contribution in [2.45, 2.75) is 32.2 Å². The summed E-state index contributed by atoms with van der Waals surface area (Å²) in [5.41, 5.74) is 2.76. The highest BCUT2D eigenvalue weighted by molar-refractivity contribution is 5.23. The Morgan fingerprint density at radius 1 is 1.21 bits per heavy atom. The van der Waals surface area contributed by atoms with Gasteiger partial charge in [-0.1, -0.05) is 6.07 Å². The number of hydrogen-bond donors (Lipinski definition) is 1. The Balaban J connectivity index is 1.88. The standard InChI is InChI=1S/C15H22N2O2/c18-15-2-1-13-3-7-16-8-4-14(13)17(15)11-12-5-9-19-10-6-12/h1-2,12,16H,3-11H2. The van der Waals surface area contributed by atoms with E-state index in [0.717, 1.165) is 58.5 Å². The van der Waals surface area contributed by atoms with Crippen LogP contribution in [0.2, 0.25) is 0 Å². The molecule has 2 aliphatic heterocycles. The minimum Gasteiger partial charge on any atom is -0.381 e. The maximum atomic E-state index is 12.2. The predicted octanol–water partition coefficient (Wildman–Crippen LogP) is 0.963. The predicted molar refractivity (Wildman–Crippen MR) is 74.5 cm³/mol. The Morgan fingerprint density at radius 2 is 2.00 bits per heavy atom. The van der Waals surface area contributed by atoms with Crippen LogP contribution in [0.25, 0.3) is 0 Å². The zero-order valence-electron chi connectivity index (χ0n) is 11.4. The van der Waals surface area contributed by atoms with Gasteiger partial charge in [0.15, 0.2) is 0 Å². The van der Waals surface area contributed by atoms with Crippen molar-refractivity contribution in [3.63, 3.8) is 0 Å². The minimum atomic E-state index is 0.159. The van der Waals surface area contributed by atoms with Gasteiger partial charge in [0.05, 0.1) is 0 Å². The van der Waals surface area contributed by atoms with Gasteiger partial charge in [-0.25, -0.2) is 0 Å². The van der Waals surface area contributed by atoms with Gasteiger partial charge in [0.2, 0.25) is 0 Å². The Labute approximate surface area is 113 Å². The summed E-state index contributed by atoms with van der Waals surface area (Å²) < 4.78 is 7.43. The van der Waals surface area contributed by atoms with E-state index in [1.807, 2.05) is 10.6 Å². The van der Waals surface area contributed by atoms with E-state index in [2.05, 4.69) is 5.32 Å². The summed E-state index contributed by atoms with van der Waals surface area (Å²) in [5, 5.41) is 3.41. The Kier molecular flexibility index (Phi) is 3.99. The smallest absolute Gasteiger partial charge is 0.250 e. The third-order valence-electron chi connectivity index (χ3n) is 4.28. The van der Waals surface area contributed by atoms with Crippen LogP contribution >= 0.6 is 0 Å². The van der Waals surface area contributed by atoms with E-state index in [9.17, 15) is 4.79 Å². The molecule has 0 aromatic carbocycles. The number of nitrogens with one attached hydrogen (secondary N) is 1. The molecular formula is C15H22N2O2. The molecule has 0 bridgehead atoms. The van der Waals surface area contributed by atoms with Crippen molar-refractivity contribution < 1.29 is 4.74 Å². The van der Waals surface area contributed by atoms with Crippen molar-refractivity contribution in [2.75, 3.05) is 26.3 Å². The van der Waals surface area contributed by atoms with Gasteiger partial charge < -0.3 is 14.6 Å². The van der Waals surface area contributed by atoms with E-state index in [0.29, 0.717) is 5.92 Å². The Hall–Kier alpha value is -1.13. The Bertz CT molecular complexity index is 489. The normalized spacial score (nSPS) is 20.8. The molecule has 0 unspecified atom stereocenters. The van der Waals surface area contributed by atoms with E-state index in [1.165, 1.54) is 11.3 Å². The molecule has 2 aliphatic rings. The second-order valence-corrected chi connectivity index (χ2v) is 5.56. The summed E-state index contributed by atoms with van der Waals surface area (Å²) in [6, 6.07) is 3.76. The minimum absolute atomic E-state index is 0.159. The van der Waals surface area contributed by atoms with Gasteiger partial charge in [-0.2, -0.15) is 0 Å². The van der Waals surface area contributed by atoms with E-state index < -0.39 is 0 Å². The summed E-state index contributed by atoms with van der Waals surface area (Å²) in [4.78, 5) is 12.2. The lowest BCUT2D eigenvalue weighted by atomic mass is 9.99. The molecule has 104 valence electrons. The molecular weight excluding hydrogens is 240 g/mol. The average molecular weight is 262 g/mol. The monoisotopic (exact) mass is 262 g/mol. The van der Waals surface area contributed by atoms with Crippen molar-refractivity contribution in [1.29, 1.82) is 0 Å². The largest absolute Gasteiger partial charge is 0.381 e. The van der Waals surface area contributed by atoms with Gasteiger partial charge in [0.25, 0.3) is 5.56 Å². The zero-order chi connectivity index (χ0) is 13.1. The van der Waals surface area contributed by atoms with Crippen LogP contribution in [0.5, 0.6) is 0 Å². The molecule has 19 heavy (non-hydrogen) atoms. The van der Waals surface area contributed by atoms with Crippen LogP contribution in [0.4, 0.5) is 0 Å². The van der Waals surface area contributed by atoms with E-state index in [4.69, 9.17) is 4.74 Å². The van der Waals surface area contributed by atoms with Crippen molar-refractivity contribution in [3.8, 4) is 0 Å². The molecule has 4 heteroatoms. The second-order valence-electron chi connectivity index (χ2n) is 5.56. The van der Waals surface area contributed by atoms with E-state index in [-0.39, 0.29) is 5.56 Å². The van der Waals surface area contributed by atoms with Gasteiger partial charge in [-0.05, 0) is 37.3 Å². The molecule has 4 nitrogen and oxygen atoms in total. The third kappa shape index (κ3) is 2.90. The lowest BCUT2D eigenvalue weighted by Gasteiger charge is -2.24. The van der Waals surface area contributed by atoms with Crippen LogP contribution in [-0.4, -0.2) is 30.9 Å². The maximum absolute atomic E-state index is 12.2. The van der Waals surface area contributed by atoms with Gasteiger partial charge in [0.1, 0.15) is 0 Å². The topological polar surface area (TPSA) is 43.3 Å². The lowest BCUT2D eigenvalue weighted by Crippen LogP contribution is -2.30. The molecule has 1 saturated heterocycles. The highest BCUT2D eigenvalue weighted by Gasteiger charge is 2.18. The second kappa shape index (κ2) is 5.88. The summed E-state index contributed by atoms with van der Waals surface area (Å²) in [6.07, 6.45) is 4.15. The molecule has 0 saturated carbocycles. The molecule has 0 aliphatic carbocycles. The number of fused-ring (bicyclic) bond motifs is 1. The average Bonchev–Trinajstić information content (AvgIpc) is 2.69. The van der Waals surface area contributed by atoms with Gasteiger partial charge in [-0.15, -0.1) is 0 Å². The molecule has 1 N–H and O–H groups in total. The number of nitrogens with zero attached hydrogens (tertiary/aromatic N) is 1. The number of hydrogen-bond acceptors (Lipinski definition) is 3. The van der Waals surface area contributed by atoms with Crippen LogP contribution < -0.4 is 10.9 Å². The summed E-state index contributed by atoms with van der Waals surface area (Å²) in [7, 11) is 0. The van der Waals surface area contributed by atoms with Crippen LogP contribution in [0.1, 0.15) is 24.1 Å². The number of pyridine rings is 1. The fraction of sp³-hybridized carbons (Fsp3) is 0.667. The lowest BCUT2D eigenvalue weighted by molar-refractivity contribution is 0.0607. The molecule has 1 fully saturated rings. The first kappa shape index (κ1) is 12.9. The van der Waals surface area contributed by atoms with Crippen LogP contribution in [0, 0.1) is 5.92 Å². The van der Waals surface area contributed by atoms with Crippen LogP contribution in [0.15, 0.2) is 16.9 Å². The third-order valence-corrected chi connectivity index (χ3v) is 4.28. The first-order valence-corrected chi connectivity index (χ1v) is 7.34. The van der Waals surface area contributed by atoms with Crippen LogP contribution in [-0.2, 0) is 24.1 Å². The molecule has 3 rings (SSSR count). The molecule has 1 aromatic heterocycles. The molecule has 3 heterocycles. The van der Waals surface area contributed by atoms with Crippen molar-refractivity contribution in [2.24, 2.45) is 5.92 Å². The summed E-state index contributed by atoms with van der Waals surface area (Å²) >= 11 is 0. The van der Waals surface area contributed by atoms with Crippen molar-refractivity contribution >= 4 is 0 Å². The summed E-state index contributed by atoms with van der Waals surface area (Å²) in [5.74, 6) is 0.592. The fourth-order valence-corrected chi connectivity index (χ4v) is 3.13. The zero-order valence-corrected chi connectivity index (χ0v) is 11.4. The number of rotatable bonds is 2. The number of aromatic nitrogens is 1. The quantitative estimate of drug-likeness (QED) is 0.863. The first-order valence-electron chi connectivity index (χ1n) is 7.34. The molecule has 0 radical (unpaired) electrons. The first-order chi connectivity index (χ1) is 9.34. The molecule has 1 aromatic rings. The summed E-state index contributed by atoms with van der Waals surface area (Å²) in [6.45, 7) is 4.55. The van der Waals surface area contributed by atoms with Crippen LogP contribution in [0.3, 0.4) is 0 Å². The van der Waals surface area contributed by atoms with Crippen molar-refractivity contribution in [3.05, 3.63) is 33.7 Å². The molecule has 0 amide bonds. The molecule has 0 spiro atoms. The fourth-order valence-electron chi connectivity index (χ4n) is 3.13. The SMILES string of the molecule is O=c1ccc2c(n1CC1CCOCC1)CCNCC2. The Morgan fingerprint density at radius 3 is 2.84 bits per heavy atom. The van der Waals surface area contributed by atoms with E-state index >= 15 is 0 Å². The van der Waals surface area contributed by atoms with Gasteiger partial charge in [-0.3, -0.25) is 4.79 Å². The van der Waals surface area contributed by atoms with Gasteiger partial charge >= 0.3 is 0 Å². The highest BCUT2D eigenvalue weighted by atomic mass is 16.5. The van der Waals surface area contributed by atoms with Gasteiger partial charge in [0, 0.05) is 44.5 Å². The number of ether oxygens (including phenoxy) is 1. The van der Waals surface area contributed by atoms with E-state index in [1.54, 1.807) is 6.07 Å². The highest BCUT2D eigenvalue weighted by Crippen LogP contribution is 2.19. The maximum Gasteiger partial charge on any atom is 0.250 e. The molecule has 0 atom stereocenters. The van der Waals surface area contributed by atoms with Crippen molar-refractivity contribution in [1.82, 2.24) is 9.88 Å².